The van der Waals surface area contributed by atoms with E-state index in [2.05, 4.69) is 146 Å². The smallest absolute Gasteiger partial charge is 0.0901 e. The molecule has 0 saturated carbocycles. The van der Waals surface area contributed by atoms with Crippen molar-refractivity contribution >= 4 is 34.9 Å². The SMILES string of the molecule is c1ccc(Sc2ccc(C[P+](c3ccccc3)(c3ccccc3)c3ccccc3)cc2)cc1. The van der Waals surface area contributed by atoms with Gasteiger partial charge in [0.05, 0.1) is 6.16 Å². The van der Waals surface area contributed by atoms with Gasteiger partial charge in [-0.25, -0.2) is 0 Å². The van der Waals surface area contributed by atoms with E-state index in [4.69, 9.17) is 0 Å². The normalized spacial score (nSPS) is 11.3. The predicted molar refractivity (Wildman–Crippen MR) is 146 cm³/mol. The number of rotatable bonds is 7. The molecule has 0 radical (unpaired) electrons. The zero-order chi connectivity index (χ0) is 22.3. The highest BCUT2D eigenvalue weighted by atomic mass is 32.2. The van der Waals surface area contributed by atoms with E-state index in [0.717, 1.165) is 6.16 Å². The molecule has 5 aromatic rings. The highest BCUT2D eigenvalue weighted by molar-refractivity contribution is 7.99. The van der Waals surface area contributed by atoms with Crippen molar-refractivity contribution in [1.82, 2.24) is 0 Å². The first-order valence-corrected chi connectivity index (χ1v) is 14.0. The maximum atomic E-state index is 2.31. The molecule has 160 valence electrons. The second-order valence-electron chi connectivity index (χ2n) is 8.03. The molecule has 0 amide bonds. The van der Waals surface area contributed by atoms with Gasteiger partial charge in [0.25, 0.3) is 0 Å². The largest absolute Gasteiger partial charge is 0.116 e. The van der Waals surface area contributed by atoms with Gasteiger partial charge in [0.1, 0.15) is 23.2 Å². The molecule has 0 bridgehead atoms. The fourth-order valence-electron chi connectivity index (χ4n) is 4.33. The first kappa shape index (κ1) is 21.7. The first-order chi connectivity index (χ1) is 16.3. The molecular weight excluding hydrogens is 435 g/mol. The lowest BCUT2D eigenvalue weighted by atomic mass is 10.2. The van der Waals surface area contributed by atoms with Gasteiger partial charge in [-0.3, -0.25) is 0 Å². The van der Waals surface area contributed by atoms with E-state index >= 15 is 0 Å². The van der Waals surface area contributed by atoms with E-state index in [1.54, 1.807) is 0 Å². The summed E-state index contributed by atoms with van der Waals surface area (Å²) in [5.74, 6) is 0. The van der Waals surface area contributed by atoms with Crippen LogP contribution in [-0.2, 0) is 6.16 Å². The van der Waals surface area contributed by atoms with E-state index in [9.17, 15) is 0 Å². The van der Waals surface area contributed by atoms with Crippen molar-refractivity contribution in [1.29, 1.82) is 0 Å². The second kappa shape index (κ2) is 10.2. The maximum absolute atomic E-state index is 2.31. The molecule has 0 atom stereocenters. The molecule has 0 heterocycles. The summed E-state index contributed by atoms with van der Waals surface area (Å²) in [5.41, 5.74) is 1.37. The number of hydrogen-bond acceptors (Lipinski definition) is 1. The highest BCUT2D eigenvalue weighted by Crippen LogP contribution is 2.58. The minimum absolute atomic E-state index is 1.00. The van der Waals surface area contributed by atoms with E-state index in [1.807, 2.05) is 11.8 Å². The molecule has 0 saturated heterocycles. The third-order valence-electron chi connectivity index (χ3n) is 5.91. The average molecular weight is 462 g/mol. The standard InChI is InChI=1S/C31H26PS/c1-5-13-27(14-6-1)32(28-15-7-2-8-16-28,29-17-9-3-10-18-29)25-26-21-23-31(24-22-26)33-30-19-11-4-12-20-30/h1-24H,25H2/q+1. The molecule has 33 heavy (non-hydrogen) atoms. The van der Waals surface area contributed by atoms with Crippen LogP contribution < -0.4 is 15.9 Å². The van der Waals surface area contributed by atoms with Gasteiger partial charge in [0.2, 0.25) is 0 Å². The summed E-state index contributed by atoms with van der Waals surface area (Å²) >= 11 is 1.81. The van der Waals surface area contributed by atoms with Crippen LogP contribution >= 0.6 is 19.0 Å². The molecule has 0 nitrogen and oxygen atoms in total. The van der Waals surface area contributed by atoms with Crippen LogP contribution in [0.3, 0.4) is 0 Å². The molecule has 0 fully saturated rings. The molecular formula is C31H26PS+. The maximum Gasteiger partial charge on any atom is 0.116 e. The Morgan fingerprint density at radius 2 is 0.758 bits per heavy atom. The van der Waals surface area contributed by atoms with E-state index in [-0.39, 0.29) is 0 Å². The van der Waals surface area contributed by atoms with Gasteiger partial charge < -0.3 is 0 Å². The Balaban J connectivity index is 1.58. The quantitative estimate of drug-likeness (QED) is 0.229. The molecule has 0 aliphatic rings. The first-order valence-electron chi connectivity index (χ1n) is 11.2. The summed E-state index contributed by atoms with van der Waals surface area (Å²) < 4.78 is 0. The van der Waals surface area contributed by atoms with Gasteiger partial charge in [0.15, 0.2) is 0 Å². The van der Waals surface area contributed by atoms with Crippen LogP contribution in [0.4, 0.5) is 0 Å². The third-order valence-corrected chi connectivity index (χ3v) is 11.3. The fourth-order valence-corrected chi connectivity index (χ4v) is 9.41. The summed E-state index contributed by atoms with van der Waals surface area (Å²) in [7, 11) is -1.86. The van der Waals surface area contributed by atoms with Gasteiger partial charge in [-0.2, -0.15) is 0 Å². The molecule has 5 rings (SSSR count). The summed E-state index contributed by atoms with van der Waals surface area (Å²) in [6.45, 7) is 0. The summed E-state index contributed by atoms with van der Waals surface area (Å²) in [5, 5.41) is 4.26. The molecule has 0 spiro atoms. The molecule has 0 unspecified atom stereocenters. The van der Waals surface area contributed by atoms with Crippen molar-refractivity contribution in [2.45, 2.75) is 16.0 Å². The van der Waals surface area contributed by atoms with Gasteiger partial charge in [-0.1, -0.05) is 96.7 Å². The summed E-state index contributed by atoms with van der Waals surface area (Å²) in [6, 6.07) is 53.0. The van der Waals surface area contributed by atoms with Crippen LogP contribution in [0.25, 0.3) is 0 Å². The number of hydrogen-bond donors (Lipinski definition) is 0. The van der Waals surface area contributed by atoms with E-state index in [1.165, 1.54) is 31.3 Å². The lowest BCUT2D eigenvalue weighted by Gasteiger charge is -2.28. The van der Waals surface area contributed by atoms with Gasteiger partial charge >= 0.3 is 0 Å². The van der Waals surface area contributed by atoms with Crippen molar-refractivity contribution in [3.63, 3.8) is 0 Å². The lowest BCUT2D eigenvalue weighted by Crippen LogP contribution is -2.32. The van der Waals surface area contributed by atoms with Crippen LogP contribution in [0.2, 0.25) is 0 Å². The fraction of sp³-hybridized carbons (Fsp3) is 0.0323. The lowest BCUT2D eigenvalue weighted by molar-refractivity contribution is 1.32. The van der Waals surface area contributed by atoms with Gasteiger partial charge in [-0.05, 0) is 66.2 Å². The van der Waals surface area contributed by atoms with Crippen molar-refractivity contribution in [2.75, 3.05) is 0 Å². The van der Waals surface area contributed by atoms with Crippen molar-refractivity contribution in [3.05, 3.63) is 151 Å². The summed E-state index contributed by atoms with van der Waals surface area (Å²) in [4.78, 5) is 2.54. The van der Waals surface area contributed by atoms with Gasteiger partial charge in [-0.15, -0.1) is 0 Å². The van der Waals surface area contributed by atoms with Crippen LogP contribution in [0.1, 0.15) is 5.56 Å². The van der Waals surface area contributed by atoms with Crippen molar-refractivity contribution < 1.29 is 0 Å². The van der Waals surface area contributed by atoms with Crippen LogP contribution in [0.5, 0.6) is 0 Å². The monoisotopic (exact) mass is 461 g/mol. The van der Waals surface area contributed by atoms with Crippen LogP contribution in [0, 0.1) is 0 Å². The third kappa shape index (κ3) is 4.81. The Hall–Kier alpha value is -3.12. The van der Waals surface area contributed by atoms with Crippen LogP contribution in [-0.4, -0.2) is 0 Å². The minimum atomic E-state index is -1.86. The molecule has 5 aromatic carbocycles. The molecule has 0 aliphatic carbocycles. The Labute approximate surface area is 201 Å². The van der Waals surface area contributed by atoms with Crippen LogP contribution in [0.15, 0.2) is 155 Å². The average Bonchev–Trinajstić information content (AvgIpc) is 2.90. The highest BCUT2D eigenvalue weighted by Gasteiger charge is 2.45. The van der Waals surface area contributed by atoms with Crippen molar-refractivity contribution in [2.24, 2.45) is 0 Å². The molecule has 2 heteroatoms. The zero-order valence-corrected chi connectivity index (χ0v) is 20.1. The minimum Gasteiger partial charge on any atom is -0.0901 e. The molecule has 0 aliphatic heterocycles. The Morgan fingerprint density at radius 3 is 1.18 bits per heavy atom. The second-order valence-corrected chi connectivity index (χ2v) is 12.7. The Morgan fingerprint density at radius 1 is 0.394 bits per heavy atom. The molecule has 0 aromatic heterocycles. The van der Waals surface area contributed by atoms with Gasteiger partial charge in [0, 0.05) is 9.79 Å². The Kier molecular flexibility index (Phi) is 6.72. The van der Waals surface area contributed by atoms with E-state index in [0.29, 0.717) is 0 Å². The topological polar surface area (TPSA) is 0 Å². The number of benzene rings is 5. The Bertz CT molecular complexity index is 1170. The summed E-state index contributed by atoms with van der Waals surface area (Å²) in [6.07, 6.45) is 1.00. The predicted octanol–water partition coefficient (Wildman–Crippen LogP) is 7.33. The van der Waals surface area contributed by atoms with Crippen molar-refractivity contribution in [3.8, 4) is 0 Å². The zero-order valence-electron chi connectivity index (χ0n) is 18.4. The molecule has 0 N–H and O–H groups in total. The van der Waals surface area contributed by atoms with E-state index < -0.39 is 7.26 Å².